The number of rotatable bonds is 2. The SMILES string of the molecule is Cn1cc2cc(-c3nc4sc(N5CCC6(CCN6)C5)cc4s3)cc(F)c2n1. The Bertz CT molecular complexity index is 1150. The van der Waals surface area contributed by atoms with Gasteiger partial charge >= 0.3 is 0 Å². The molecule has 4 aromatic rings. The fraction of sp³-hybridized carbons (Fsp3) is 0.368. The smallest absolute Gasteiger partial charge is 0.152 e. The van der Waals surface area contributed by atoms with Gasteiger partial charge in [-0.25, -0.2) is 9.37 Å². The van der Waals surface area contributed by atoms with E-state index in [1.165, 1.54) is 22.5 Å². The number of benzene rings is 1. The van der Waals surface area contributed by atoms with E-state index in [4.69, 9.17) is 4.98 Å². The quantitative estimate of drug-likeness (QED) is 0.554. The van der Waals surface area contributed by atoms with Crippen LogP contribution in [0.5, 0.6) is 0 Å². The molecule has 0 amide bonds. The van der Waals surface area contributed by atoms with Crippen LogP contribution >= 0.6 is 22.7 Å². The van der Waals surface area contributed by atoms with E-state index >= 15 is 0 Å². The van der Waals surface area contributed by atoms with Crippen LogP contribution in [0.15, 0.2) is 24.4 Å². The third-order valence-corrected chi connectivity index (χ3v) is 8.04. The van der Waals surface area contributed by atoms with Crippen LogP contribution in [0.25, 0.3) is 31.0 Å². The second-order valence-electron chi connectivity index (χ2n) is 7.60. The molecule has 2 aliphatic rings. The molecule has 0 saturated carbocycles. The predicted molar refractivity (Wildman–Crippen MR) is 109 cm³/mol. The van der Waals surface area contributed by atoms with Crippen LogP contribution in [0.4, 0.5) is 9.39 Å². The summed E-state index contributed by atoms with van der Waals surface area (Å²) in [6.07, 6.45) is 4.35. The number of hydrogen-bond donors (Lipinski definition) is 1. The Balaban J connectivity index is 1.34. The van der Waals surface area contributed by atoms with Gasteiger partial charge in [0.05, 0.1) is 9.70 Å². The highest BCUT2D eigenvalue weighted by Crippen LogP contribution is 2.42. The molecule has 0 radical (unpaired) electrons. The van der Waals surface area contributed by atoms with Crippen molar-refractivity contribution in [3.8, 4) is 10.6 Å². The molecule has 2 saturated heterocycles. The van der Waals surface area contributed by atoms with E-state index < -0.39 is 0 Å². The van der Waals surface area contributed by atoms with Crippen LogP contribution in [-0.4, -0.2) is 39.9 Å². The Morgan fingerprint density at radius 1 is 1.22 bits per heavy atom. The molecule has 3 aromatic heterocycles. The van der Waals surface area contributed by atoms with Gasteiger partial charge in [0.1, 0.15) is 15.4 Å². The van der Waals surface area contributed by atoms with Gasteiger partial charge in [-0.1, -0.05) is 11.3 Å². The van der Waals surface area contributed by atoms with Crippen molar-refractivity contribution in [1.29, 1.82) is 0 Å². The summed E-state index contributed by atoms with van der Waals surface area (Å²) in [6.45, 7) is 3.35. The number of nitrogens with one attached hydrogen (secondary N) is 1. The lowest BCUT2D eigenvalue weighted by Gasteiger charge is -2.39. The number of thiazole rings is 1. The van der Waals surface area contributed by atoms with Gasteiger partial charge in [-0.05, 0) is 37.6 Å². The lowest BCUT2D eigenvalue weighted by molar-refractivity contribution is 0.235. The van der Waals surface area contributed by atoms with Gasteiger partial charge in [0.25, 0.3) is 0 Å². The maximum Gasteiger partial charge on any atom is 0.152 e. The molecule has 138 valence electrons. The standard InChI is InChI=1S/C19H18FN5S2/c1-24-9-12-6-11(7-13(20)16(12)23-24)17-22-18-14(26-17)8-15(27-18)25-5-3-19(10-25)2-4-21-19/h6-9,21H,2-5,10H2,1H3. The van der Waals surface area contributed by atoms with E-state index in [1.807, 2.05) is 19.3 Å². The van der Waals surface area contributed by atoms with Crippen LogP contribution in [-0.2, 0) is 7.05 Å². The molecular formula is C19H18FN5S2. The molecule has 5 heterocycles. The summed E-state index contributed by atoms with van der Waals surface area (Å²) in [5, 5.41) is 10.8. The lowest BCUT2D eigenvalue weighted by Crippen LogP contribution is -2.58. The number of nitrogens with zero attached hydrogens (tertiary/aromatic N) is 4. The largest absolute Gasteiger partial charge is 0.361 e. The Morgan fingerprint density at radius 2 is 2.11 bits per heavy atom. The summed E-state index contributed by atoms with van der Waals surface area (Å²) in [5.41, 5.74) is 1.59. The first-order chi connectivity index (χ1) is 13.1. The number of aromatic nitrogens is 3. The number of fused-ring (bicyclic) bond motifs is 2. The van der Waals surface area contributed by atoms with E-state index in [-0.39, 0.29) is 5.82 Å². The van der Waals surface area contributed by atoms with Crippen LogP contribution in [0.3, 0.4) is 0 Å². The van der Waals surface area contributed by atoms with Gasteiger partial charge < -0.3 is 10.2 Å². The summed E-state index contributed by atoms with van der Waals surface area (Å²) in [7, 11) is 1.81. The van der Waals surface area contributed by atoms with Gasteiger partial charge in [-0.3, -0.25) is 4.68 Å². The van der Waals surface area contributed by atoms with Crippen molar-refractivity contribution < 1.29 is 4.39 Å². The number of hydrogen-bond acceptors (Lipinski definition) is 6. The monoisotopic (exact) mass is 399 g/mol. The average Bonchev–Trinajstić information content (AvgIpc) is 3.33. The molecule has 6 rings (SSSR count). The van der Waals surface area contributed by atoms with Crippen molar-refractivity contribution >= 4 is 48.1 Å². The molecule has 27 heavy (non-hydrogen) atoms. The zero-order valence-electron chi connectivity index (χ0n) is 14.8. The van der Waals surface area contributed by atoms with Crippen molar-refractivity contribution in [1.82, 2.24) is 20.1 Å². The minimum atomic E-state index is -0.294. The maximum absolute atomic E-state index is 14.4. The molecule has 2 fully saturated rings. The molecular weight excluding hydrogens is 381 g/mol. The minimum Gasteiger partial charge on any atom is -0.361 e. The van der Waals surface area contributed by atoms with E-state index in [0.717, 1.165) is 40.4 Å². The molecule has 1 atom stereocenters. The third kappa shape index (κ3) is 2.43. The van der Waals surface area contributed by atoms with Crippen molar-refractivity contribution in [3.05, 3.63) is 30.2 Å². The summed E-state index contributed by atoms with van der Waals surface area (Å²) in [5.74, 6) is -0.294. The minimum absolute atomic E-state index is 0.294. The Morgan fingerprint density at radius 3 is 2.85 bits per heavy atom. The summed E-state index contributed by atoms with van der Waals surface area (Å²) in [4.78, 5) is 8.32. The summed E-state index contributed by atoms with van der Waals surface area (Å²) >= 11 is 3.38. The summed E-state index contributed by atoms with van der Waals surface area (Å²) < 4.78 is 17.2. The highest BCUT2D eigenvalue weighted by molar-refractivity contribution is 7.30. The van der Waals surface area contributed by atoms with E-state index in [0.29, 0.717) is 11.1 Å². The number of thiophene rings is 1. The zero-order chi connectivity index (χ0) is 18.2. The highest BCUT2D eigenvalue weighted by Gasteiger charge is 2.42. The number of aryl methyl sites for hydroxylation is 1. The van der Waals surface area contributed by atoms with Crippen LogP contribution in [0.1, 0.15) is 12.8 Å². The Hall–Kier alpha value is -2.03. The van der Waals surface area contributed by atoms with Crippen molar-refractivity contribution in [2.24, 2.45) is 7.05 Å². The first-order valence-corrected chi connectivity index (χ1v) is 10.8. The average molecular weight is 400 g/mol. The van der Waals surface area contributed by atoms with Gasteiger partial charge in [-0.2, -0.15) is 5.10 Å². The molecule has 8 heteroatoms. The molecule has 5 nitrogen and oxygen atoms in total. The molecule has 1 unspecified atom stereocenters. The summed E-state index contributed by atoms with van der Waals surface area (Å²) in [6, 6.07) is 5.77. The van der Waals surface area contributed by atoms with Gasteiger partial charge in [-0.15, -0.1) is 11.3 Å². The molecule has 1 spiro atoms. The molecule has 2 aliphatic heterocycles. The van der Waals surface area contributed by atoms with Crippen LogP contribution < -0.4 is 10.2 Å². The number of anilines is 1. The van der Waals surface area contributed by atoms with E-state index in [1.54, 1.807) is 33.4 Å². The third-order valence-electron chi connectivity index (χ3n) is 5.77. The Labute approximate surface area is 163 Å². The lowest BCUT2D eigenvalue weighted by atomic mass is 9.87. The topological polar surface area (TPSA) is 46.0 Å². The molecule has 0 bridgehead atoms. The second-order valence-corrected chi connectivity index (χ2v) is 9.64. The fourth-order valence-electron chi connectivity index (χ4n) is 4.23. The first-order valence-electron chi connectivity index (χ1n) is 9.12. The fourth-order valence-corrected chi connectivity index (χ4v) is 6.45. The van der Waals surface area contributed by atoms with Gasteiger partial charge in [0.15, 0.2) is 5.82 Å². The van der Waals surface area contributed by atoms with E-state index in [9.17, 15) is 4.39 Å². The van der Waals surface area contributed by atoms with Gasteiger partial charge in [0, 0.05) is 42.8 Å². The first kappa shape index (κ1) is 16.0. The highest BCUT2D eigenvalue weighted by atomic mass is 32.1. The van der Waals surface area contributed by atoms with Crippen molar-refractivity contribution in [3.63, 3.8) is 0 Å². The van der Waals surface area contributed by atoms with Crippen LogP contribution in [0.2, 0.25) is 0 Å². The predicted octanol–water partition coefficient (Wildman–Crippen LogP) is 3.99. The zero-order valence-corrected chi connectivity index (χ0v) is 16.5. The van der Waals surface area contributed by atoms with Crippen LogP contribution in [0, 0.1) is 5.82 Å². The molecule has 1 N–H and O–H groups in total. The second kappa shape index (κ2) is 5.50. The van der Waals surface area contributed by atoms with Crippen molar-refractivity contribution in [2.75, 3.05) is 24.5 Å². The number of halogens is 1. The molecule has 1 aromatic carbocycles. The normalized spacial score (nSPS) is 22.4. The van der Waals surface area contributed by atoms with Crippen molar-refractivity contribution in [2.45, 2.75) is 18.4 Å². The molecule has 0 aliphatic carbocycles. The van der Waals surface area contributed by atoms with E-state index in [2.05, 4.69) is 21.4 Å². The maximum atomic E-state index is 14.4. The van der Waals surface area contributed by atoms with Gasteiger partial charge in [0.2, 0.25) is 0 Å². The Kier molecular flexibility index (Phi) is 3.25.